The van der Waals surface area contributed by atoms with Gasteiger partial charge in [0.05, 0.1) is 12.0 Å². The lowest BCUT2D eigenvalue weighted by atomic mass is 9.96. The van der Waals surface area contributed by atoms with E-state index in [-0.39, 0.29) is 17.9 Å². The van der Waals surface area contributed by atoms with E-state index in [1.165, 1.54) is 6.42 Å². The molecule has 1 atom stereocenters. The molecule has 1 N–H and O–H groups in total. The van der Waals surface area contributed by atoms with Crippen molar-refractivity contribution in [2.45, 2.75) is 45.1 Å². The molecule has 2 rings (SSSR count). The van der Waals surface area contributed by atoms with Gasteiger partial charge < -0.3 is 10.0 Å². The van der Waals surface area contributed by atoms with Gasteiger partial charge in [0.2, 0.25) is 5.91 Å². The molecule has 108 valence electrons. The van der Waals surface area contributed by atoms with E-state index < -0.39 is 5.97 Å². The van der Waals surface area contributed by atoms with Gasteiger partial charge in [0, 0.05) is 13.1 Å². The molecule has 2 saturated heterocycles. The molecule has 1 unspecified atom stereocenters. The molecule has 2 aliphatic rings. The molecule has 1 amide bonds. The lowest BCUT2D eigenvalue weighted by Gasteiger charge is -2.37. The second kappa shape index (κ2) is 6.37. The van der Waals surface area contributed by atoms with Crippen LogP contribution in [0.5, 0.6) is 0 Å². The topological polar surface area (TPSA) is 60.9 Å². The largest absolute Gasteiger partial charge is 0.481 e. The molecule has 0 saturated carbocycles. The highest BCUT2D eigenvalue weighted by Crippen LogP contribution is 2.20. The Balaban J connectivity index is 1.84. The van der Waals surface area contributed by atoms with Crippen LogP contribution in [0.15, 0.2) is 0 Å². The third-order valence-electron chi connectivity index (χ3n) is 4.45. The molecule has 0 spiro atoms. The third-order valence-corrected chi connectivity index (χ3v) is 4.45. The number of aliphatic carboxylic acids is 1. The van der Waals surface area contributed by atoms with Crippen LogP contribution < -0.4 is 0 Å². The molecule has 0 aromatic rings. The Kier molecular flexibility index (Phi) is 4.80. The zero-order valence-electron chi connectivity index (χ0n) is 11.7. The Morgan fingerprint density at radius 3 is 2.16 bits per heavy atom. The number of amides is 1. The molecular weight excluding hydrogens is 244 g/mol. The molecule has 2 heterocycles. The van der Waals surface area contributed by atoms with Crippen LogP contribution in [0.3, 0.4) is 0 Å². The molecule has 0 aromatic carbocycles. The number of carbonyl (C=O) groups is 2. The number of hydrogen-bond acceptors (Lipinski definition) is 3. The van der Waals surface area contributed by atoms with Gasteiger partial charge >= 0.3 is 5.97 Å². The van der Waals surface area contributed by atoms with E-state index in [0.29, 0.717) is 12.8 Å². The number of hydrogen-bond donors (Lipinski definition) is 1. The van der Waals surface area contributed by atoms with E-state index in [2.05, 4.69) is 4.90 Å². The summed E-state index contributed by atoms with van der Waals surface area (Å²) in [6.07, 6.45) is 4.77. The maximum atomic E-state index is 12.4. The summed E-state index contributed by atoms with van der Waals surface area (Å²) in [6, 6.07) is -0.104. The summed E-state index contributed by atoms with van der Waals surface area (Å²) >= 11 is 0. The summed E-state index contributed by atoms with van der Waals surface area (Å²) in [5.74, 6) is -0.711. The number of carboxylic acids is 1. The highest BCUT2D eigenvalue weighted by Gasteiger charge is 2.31. The second-order valence-electron chi connectivity index (χ2n) is 5.71. The second-order valence-corrected chi connectivity index (χ2v) is 5.71. The van der Waals surface area contributed by atoms with Gasteiger partial charge in [-0.25, -0.2) is 0 Å². The average Bonchev–Trinajstić information content (AvgIpc) is 2.46. The minimum atomic E-state index is -0.699. The molecule has 2 fully saturated rings. The van der Waals surface area contributed by atoms with Crippen LogP contribution in [0.4, 0.5) is 0 Å². The number of piperidine rings is 2. The van der Waals surface area contributed by atoms with E-state index in [4.69, 9.17) is 5.11 Å². The van der Waals surface area contributed by atoms with Crippen molar-refractivity contribution in [2.75, 3.05) is 26.2 Å². The van der Waals surface area contributed by atoms with Gasteiger partial charge in [-0.05, 0) is 52.1 Å². The predicted molar refractivity (Wildman–Crippen MR) is 71.8 cm³/mol. The van der Waals surface area contributed by atoms with Crippen LogP contribution in [0.25, 0.3) is 0 Å². The number of carboxylic acid groups (broad SMARTS) is 1. The van der Waals surface area contributed by atoms with Crippen molar-refractivity contribution in [3.8, 4) is 0 Å². The predicted octanol–water partition coefficient (Wildman–Crippen LogP) is 1.18. The first-order chi connectivity index (χ1) is 9.09. The average molecular weight is 268 g/mol. The van der Waals surface area contributed by atoms with Crippen molar-refractivity contribution in [1.82, 2.24) is 9.80 Å². The van der Waals surface area contributed by atoms with Crippen molar-refractivity contribution in [3.05, 3.63) is 0 Å². The molecule has 0 radical (unpaired) electrons. The lowest BCUT2D eigenvalue weighted by molar-refractivity contribution is -0.144. The van der Waals surface area contributed by atoms with Crippen LogP contribution in [0, 0.1) is 5.92 Å². The van der Waals surface area contributed by atoms with E-state index >= 15 is 0 Å². The maximum Gasteiger partial charge on any atom is 0.306 e. The van der Waals surface area contributed by atoms with Crippen molar-refractivity contribution < 1.29 is 14.7 Å². The number of carbonyl (C=O) groups excluding carboxylic acids is 1. The molecule has 0 bridgehead atoms. The van der Waals surface area contributed by atoms with Crippen LogP contribution in [0.1, 0.15) is 39.0 Å². The van der Waals surface area contributed by atoms with Crippen LogP contribution in [-0.2, 0) is 9.59 Å². The molecule has 2 aliphatic heterocycles. The zero-order chi connectivity index (χ0) is 13.8. The Hall–Kier alpha value is -1.10. The van der Waals surface area contributed by atoms with Crippen molar-refractivity contribution in [2.24, 2.45) is 5.92 Å². The van der Waals surface area contributed by atoms with Gasteiger partial charge in [-0.1, -0.05) is 0 Å². The Labute approximate surface area is 114 Å². The minimum absolute atomic E-state index is 0.104. The van der Waals surface area contributed by atoms with Gasteiger partial charge in [0.15, 0.2) is 0 Å². The Morgan fingerprint density at radius 2 is 1.63 bits per heavy atom. The van der Waals surface area contributed by atoms with Gasteiger partial charge in [-0.15, -0.1) is 0 Å². The normalized spacial score (nSPS) is 24.2. The first-order valence-electron chi connectivity index (χ1n) is 7.35. The van der Waals surface area contributed by atoms with Crippen molar-refractivity contribution >= 4 is 11.9 Å². The highest BCUT2D eigenvalue weighted by atomic mass is 16.4. The maximum absolute atomic E-state index is 12.4. The highest BCUT2D eigenvalue weighted by molar-refractivity contribution is 5.81. The molecule has 19 heavy (non-hydrogen) atoms. The number of rotatable bonds is 3. The van der Waals surface area contributed by atoms with E-state index in [9.17, 15) is 9.59 Å². The fourth-order valence-corrected chi connectivity index (χ4v) is 3.07. The smallest absolute Gasteiger partial charge is 0.306 e. The first kappa shape index (κ1) is 14.3. The van der Waals surface area contributed by atoms with Crippen LogP contribution in [-0.4, -0.2) is 59.0 Å². The van der Waals surface area contributed by atoms with Crippen LogP contribution >= 0.6 is 0 Å². The molecular formula is C14H24N2O3. The standard InChI is InChI=1S/C14H24N2O3/c1-11(13(17)16-7-3-2-4-8-16)15-9-5-12(6-10-15)14(18)19/h11-12H,2-10H2,1H3,(H,18,19). The summed E-state index contributed by atoms with van der Waals surface area (Å²) < 4.78 is 0. The summed E-state index contributed by atoms with van der Waals surface area (Å²) in [7, 11) is 0. The van der Waals surface area contributed by atoms with Gasteiger partial charge in [-0.3, -0.25) is 14.5 Å². The minimum Gasteiger partial charge on any atom is -0.481 e. The fourth-order valence-electron chi connectivity index (χ4n) is 3.07. The number of likely N-dealkylation sites (tertiary alicyclic amines) is 2. The summed E-state index contributed by atoms with van der Waals surface area (Å²) in [6.45, 7) is 5.16. The van der Waals surface area contributed by atoms with Gasteiger partial charge in [-0.2, -0.15) is 0 Å². The molecule has 0 aliphatic carbocycles. The molecule has 5 nitrogen and oxygen atoms in total. The quantitative estimate of drug-likeness (QED) is 0.835. The summed E-state index contributed by atoms with van der Waals surface area (Å²) in [5, 5.41) is 8.98. The SMILES string of the molecule is CC(C(=O)N1CCCCC1)N1CCC(C(=O)O)CC1. The zero-order valence-corrected chi connectivity index (χ0v) is 11.7. The monoisotopic (exact) mass is 268 g/mol. The van der Waals surface area contributed by atoms with E-state index in [1.54, 1.807) is 0 Å². The fraction of sp³-hybridized carbons (Fsp3) is 0.857. The van der Waals surface area contributed by atoms with Gasteiger partial charge in [0.25, 0.3) is 0 Å². The summed E-state index contributed by atoms with van der Waals surface area (Å²) in [4.78, 5) is 27.4. The van der Waals surface area contributed by atoms with E-state index in [1.807, 2.05) is 11.8 Å². The van der Waals surface area contributed by atoms with E-state index in [0.717, 1.165) is 39.0 Å². The van der Waals surface area contributed by atoms with Gasteiger partial charge in [0.1, 0.15) is 0 Å². The Morgan fingerprint density at radius 1 is 1.05 bits per heavy atom. The Bertz CT molecular complexity index is 332. The molecule has 0 aromatic heterocycles. The molecule has 5 heteroatoms. The lowest BCUT2D eigenvalue weighted by Crippen LogP contribution is -2.51. The summed E-state index contributed by atoms with van der Waals surface area (Å²) in [5.41, 5.74) is 0. The van der Waals surface area contributed by atoms with Crippen LogP contribution in [0.2, 0.25) is 0 Å². The first-order valence-corrected chi connectivity index (χ1v) is 7.35. The number of nitrogens with zero attached hydrogens (tertiary/aromatic N) is 2. The third kappa shape index (κ3) is 3.47. The van der Waals surface area contributed by atoms with Crippen molar-refractivity contribution in [1.29, 1.82) is 0 Å². The van der Waals surface area contributed by atoms with Crippen molar-refractivity contribution in [3.63, 3.8) is 0 Å².